The Morgan fingerprint density at radius 2 is 1.73 bits per heavy atom. The molecule has 3 aromatic carbocycles. The van der Waals surface area contributed by atoms with Crippen molar-refractivity contribution in [3.8, 4) is 17.0 Å². The van der Waals surface area contributed by atoms with Gasteiger partial charge in [-0.2, -0.15) is 10.2 Å². The maximum Gasteiger partial charge on any atom is 0.289 e. The van der Waals surface area contributed by atoms with Crippen LogP contribution in [0.15, 0.2) is 96.1 Å². The molecule has 0 aliphatic heterocycles. The average molecular weight is 396 g/mol. The van der Waals surface area contributed by atoms with Crippen molar-refractivity contribution in [2.45, 2.75) is 6.61 Å². The lowest BCUT2D eigenvalue weighted by molar-refractivity contribution is 0.0950. The molecule has 0 atom stereocenters. The number of aromatic nitrogens is 2. The standard InChI is InChI=1S/C24H20N4O2/c29-24(23-15-22(26-27-23)20-11-5-2-6-12-20)28-25-16-19-10-7-13-21(14-19)30-17-18-8-3-1-4-9-18/h1-16H,17H2,(H,26,27)(H,28,29)/b25-16-. The average Bonchev–Trinajstić information content (AvgIpc) is 3.30. The fourth-order valence-electron chi connectivity index (χ4n) is 2.85. The molecule has 0 saturated carbocycles. The van der Waals surface area contributed by atoms with E-state index < -0.39 is 0 Å². The number of benzene rings is 3. The minimum Gasteiger partial charge on any atom is -0.489 e. The van der Waals surface area contributed by atoms with Gasteiger partial charge in [-0.3, -0.25) is 9.89 Å². The maximum atomic E-state index is 12.3. The molecule has 0 radical (unpaired) electrons. The lowest BCUT2D eigenvalue weighted by Crippen LogP contribution is -2.18. The first kappa shape index (κ1) is 19.1. The van der Waals surface area contributed by atoms with Crippen LogP contribution in [-0.2, 0) is 6.61 Å². The molecule has 0 saturated heterocycles. The molecule has 1 aromatic heterocycles. The normalized spacial score (nSPS) is 10.8. The summed E-state index contributed by atoms with van der Waals surface area (Å²) in [4.78, 5) is 12.3. The molecule has 0 bridgehead atoms. The number of ether oxygens (including phenoxy) is 1. The van der Waals surface area contributed by atoms with Gasteiger partial charge >= 0.3 is 0 Å². The lowest BCUT2D eigenvalue weighted by Gasteiger charge is -2.06. The Labute approximate surface area is 174 Å². The number of hydrogen-bond donors (Lipinski definition) is 2. The van der Waals surface area contributed by atoms with E-state index in [1.807, 2.05) is 84.9 Å². The minimum atomic E-state index is -0.364. The Kier molecular flexibility index (Phi) is 5.96. The number of aromatic amines is 1. The minimum absolute atomic E-state index is 0.339. The Morgan fingerprint density at radius 3 is 2.53 bits per heavy atom. The zero-order chi connectivity index (χ0) is 20.6. The summed E-state index contributed by atoms with van der Waals surface area (Å²) in [5.74, 6) is 0.368. The van der Waals surface area contributed by atoms with Crippen molar-refractivity contribution in [2.24, 2.45) is 5.10 Å². The molecule has 0 spiro atoms. The van der Waals surface area contributed by atoms with Crippen molar-refractivity contribution in [2.75, 3.05) is 0 Å². The lowest BCUT2D eigenvalue weighted by atomic mass is 10.1. The number of hydrazone groups is 1. The van der Waals surface area contributed by atoms with Crippen LogP contribution in [0.3, 0.4) is 0 Å². The van der Waals surface area contributed by atoms with Crippen molar-refractivity contribution < 1.29 is 9.53 Å². The molecule has 6 nitrogen and oxygen atoms in total. The molecule has 0 fully saturated rings. The highest BCUT2D eigenvalue weighted by Gasteiger charge is 2.10. The van der Waals surface area contributed by atoms with Gasteiger partial charge in [0.25, 0.3) is 5.91 Å². The first-order chi connectivity index (χ1) is 14.8. The molecule has 2 N–H and O–H groups in total. The van der Waals surface area contributed by atoms with Crippen LogP contribution in [0.4, 0.5) is 0 Å². The number of nitrogens with zero attached hydrogens (tertiary/aromatic N) is 2. The van der Waals surface area contributed by atoms with Gasteiger partial charge in [-0.15, -0.1) is 0 Å². The Hall–Kier alpha value is -4.19. The van der Waals surface area contributed by atoms with Gasteiger partial charge in [-0.1, -0.05) is 72.8 Å². The first-order valence-corrected chi connectivity index (χ1v) is 9.49. The summed E-state index contributed by atoms with van der Waals surface area (Å²) in [6.07, 6.45) is 1.57. The van der Waals surface area contributed by atoms with Crippen LogP contribution >= 0.6 is 0 Å². The second-order valence-electron chi connectivity index (χ2n) is 6.58. The molecule has 0 unspecified atom stereocenters. The molecule has 6 heteroatoms. The third kappa shape index (κ3) is 4.99. The molecule has 148 valence electrons. The Balaban J connectivity index is 1.34. The van der Waals surface area contributed by atoms with E-state index in [4.69, 9.17) is 4.74 Å². The fourth-order valence-corrected chi connectivity index (χ4v) is 2.85. The topological polar surface area (TPSA) is 79.4 Å². The van der Waals surface area contributed by atoms with Crippen molar-refractivity contribution in [1.82, 2.24) is 15.6 Å². The summed E-state index contributed by atoms with van der Waals surface area (Å²) in [6.45, 7) is 0.488. The highest BCUT2D eigenvalue weighted by Crippen LogP contribution is 2.17. The summed E-state index contributed by atoms with van der Waals surface area (Å²) in [5.41, 5.74) is 6.39. The second-order valence-corrected chi connectivity index (χ2v) is 6.58. The van der Waals surface area contributed by atoms with Gasteiger partial charge in [0.2, 0.25) is 0 Å². The van der Waals surface area contributed by atoms with E-state index >= 15 is 0 Å². The van der Waals surface area contributed by atoms with E-state index in [0.717, 1.165) is 22.4 Å². The summed E-state index contributed by atoms with van der Waals surface area (Å²) >= 11 is 0. The monoisotopic (exact) mass is 396 g/mol. The van der Waals surface area contributed by atoms with Crippen molar-refractivity contribution >= 4 is 12.1 Å². The summed E-state index contributed by atoms with van der Waals surface area (Å²) in [7, 11) is 0. The number of H-pyrrole nitrogens is 1. The molecular weight excluding hydrogens is 376 g/mol. The van der Waals surface area contributed by atoms with Crippen LogP contribution in [-0.4, -0.2) is 22.3 Å². The van der Waals surface area contributed by atoms with Crippen molar-refractivity contribution in [3.63, 3.8) is 0 Å². The Morgan fingerprint density at radius 1 is 0.967 bits per heavy atom. The van der Waals surface area contributed by atoms with Crippen LogP contribution in [0, 0.1) is 0 Å². The molecule has 0 aliphatic rings. The van der Waals surface area contributed by atoms with E-state index in [-0.39, 0.29) is 5.91 Å². The second kappa shape index (κ2) is 9.34. The Bertz CT molecular complexity index is 1140. The zero-order valence-electron chi connectivity index (χ0n) is 16.2. The van der Waals surface area contributed by atoms with Crippen LogP contribution in [0.5, 0.6) is 5.75 Å². The largest absolute Gasteiger partial charge is 0.489 e. The predicted molar refractivity (Wildman–Crippen MR) is 116 cm³/mol. The van der Waals surface area contributed by atoms with E-state index in [1.54, 1.807) is 12.3 Å². The molecule has 1 heterocycles. The zero-order valence-corrected chi connectivity index (χ0v) is 16.2. The van der Waals surface area contributed by atoms with Gasteiger partial charge in [0.15, 0.2) is 0 Å². The molecular formula is C24H20N4O2. The molecule has 30 heavy (non-hydrogen) atoms. The number of amides is 1. The van der Waals surface area contributed by atoms with Crippen LogP contribution in [0.1, 0.15) is 21.6 Å². The van der Waals surface area contributed by atoms with Gasteiger partial charge < -0.3 is 4.74 Å². The summed E-state index contributed by atoms with van der Waals surface area (Å²) in [6, 6.07) is 28.8. The highest BCUT2D eigenvalue weighted by atomic mass is 16.5. The molecule has 0 aliphatic carbocycles. The van der Waals surface area contributed by atoms with Gasteiger partial charge in [-0.05, 0) is 29.3 Å². The molecule has 4 rings (SSSR count). The summed E-state index contributed by atoms with van der Waals surface area (Å²) in [5, 5.41) is 10.9. The van der Waals surface area contributed by atoms with E-state index in [2.05, 4.69) is 20.7 Å². The van der Waals surface area contributed by atoms with Crippen LogP contribution in [0.2, 0.25) is 0 Å². The van der Waals surface area contributed by atoms with Gasteiger partial charge in [0.05, 0.1) is 11.9 Å². The quantitative estimate of drug-likeness (QED) is 0.358. The number of hydrogen-bond acceptors (Lipinski definition) is 4. The SMILES string of the molecule is O=C(N/N=C\c1cccc(OCc2ccccc2)c1)c1cc(-c2ccccc2)n[nH]1. The smallest absolute Gasteiger partial charge is 0.289 e. The number of carbonyl (C=O) groups is 1. The number of nitrogens with one attached hydrogen (secondary N) is 2. The third-order valence-corrected chi connectivity index (χ3v) is 4.38. The third-order valence-electron chi connectivity index (χ3n) is 4.38. The number of rotatable bonds is 7. The first-order valence-electron chi connectivity index (χ1n) is 9.49. The molecule has 4 aromatic rings. The van der Waals surface area contributed by atoms with Gasteiger partial charge in [0.1, 0.15) is 18.1 Å². The summed E-state index contributed by atoms with van der Waals surface area (Å²) < 4.78 is 5.81. The number of carbonyl (C=O) groups excluding carboxylic acids is 1. The van der Waals surface area contributed by atoms with Crippen LogP contribution < -0.4 is 10.2 Å². The maximum absolute atomic E-state index is 12.3. The van der Waals surface area contributed by atoms with Gasteiger partial charge in [-0.25, -0.2) is 5.43 Å². The fraction of sp³-hybridized carbons (Fsp3) is 0.0417. The highest BCUT2D eigenvalue weighted by molar-refractivity contribution is 5.94. The molecule has 1 amide bonds. The van der Waals surface area contributed by atoms with Gasteiger partial charge in [0, 0.05) is 5.56 Å². The van der Waals surface area contributed by atoms with E-state index in [9.17, 15) is 4.79 Å². The van der Waals surface area contributed by atoms with Crippen molar-refractivity contribution in [3.05, 3.63) is 108 Å². The van der Waals surface area contributed by atoms with E-state index in [0.29, 0.717) is 18.0 Å². The predicted octanol–water partition coefficient (Wildman–Crippen LogP) is 4.42. The van der Waals surface area contributed by atoms with Crippen LogP contribution in [0.25, 0.3) is 11.3 Å². The van der Waals surface area contributed by atoms with Crippen molar-refractivity contribution in [1.29, 1.82) is 0 Å². The van der Waals surface area contributed by atoms with E-state index in [1.165, 1.54) is 0 Å².